The molecule has 7 fully saturated rings. The van der Waals surface area contributed by atoms with Crippen LogP contribution in [0.2, 0.25) is 0 Å². The highest BCUT2D eigenvalue weighted by atomic mass is 32.1. The van der Waals surface area contributed by atoms with Crippen LogP contribution >= 0.6 is 12.2 Å². The molecule has 1 amide bonds. The molecule has 2 aliphatic heterocycles. The number of nitrogens with one attached hydrogen (secondary N) is 5. The standard InChI is InChI=1S/C50H67N5O6S/c1-29(16-19-44(57)54-55-48(62)53-26-36-34-12-6-4-10-30(34)22-31-11-5-7-13-35(31)36)37-17-18-38-47-39-25-43(50(37,38)3)61-46(59)28-52-41-15-9-8-14-40(41)51-27-45(58)60-42(47)24-32-23-33(56)20-21-49(32,39)2/h4-7,10-13,22,29,32-33,37-43,47,51-52,56H,8-9,14-21,23-28H2,1-3H3,(H,54,57)(H2,53,55,62)/t29-,32+,33-,37-,38+,39+,40-,41-,42-,43+,47+,49+,50-/m1/s1. The van der Waals surface area contributed by atoms with Gasteiger partial charge in [0, 0.05) is 36.4 Å². The highest BCUT2D eigenvalue weighted by Crippen LogP contribution is 2.69. The van der Waals surface area contributed by atoms with Gasteiger partial charge >= 0.3 is 11.9 Å². The first-order valence-electron chi connectivity index (χ1n) is 23.7. The van der Waals surface area contributed by atoms with Crippen molar-refractivity contribution in [2.75, 3.05) is 13.1 Å². The molecule has 13 atom stereocenters. The van der Waals surface area contributed by atoms with Gasteiger partial charge < -0.3 is 30.5 Å². The Labute approximate surface area is 371 Å². The van der Waals surface area contributed by atoms with Crippen molar-refractivity contribution in [3.8, 4) is 0 Å². The second kappa shape index (κ2) is 18.0. The summed E-state index contributed by atoms with van der Waals surface area (Å²) < 4.78 is 13.4. The van der Waals surface area contributed by atoms with E-state index in [-0.39, 0.29) is 108 Å². The van der Waals surface area contributed by atoms with Crippen LogP contribution in [0.3, 0.4) is 0 Å². The van der Waals surface area contributed by atoms with Crippen molar-refractivity contribution in [1.82, 2.24) is 26.8 Å². The summed E-state index contributed by atoms with van der Waals surface area (Å²) in [5.41, 5.74) is 6.52. The third kappa shape index (κ3) is 8.34. The van der Waals surface area contributed by atoms with Crippen LogP contribution in [0.25, 0.3) is 21.5 Å². The normalized spacial score (nSPS) is 36.5. The topological polar surface area (TPSA) is 150 Å². The summed E-state index contributed by atoms with van der Waals surface area (Å²) in [7, 11) is 0. The van der Waals surface area contributed by atoms with E-state index in [1.54, 1.807) is 0 Å². The van der Waals surface area contributed by atoms with E-state index in [1.165, 1.54) is 10.8 Å². The van der Waals surface area contributed by atoms with E-state index in [0.717, 1.165) is 80.5 Å². The van der Waals surface area contributed by atoms with Gasteiger partial charge in [-0.25, -0.2) is 0 Å². The molecule has 10 rings (SSSR count). The minimum atomic E-state index is -0.365. The molecular formula is C50H67N5O6S. The Hall–Kier alpha value is -3.84. The van der Waals surface area contributed by atoms with E-state index in [4.69, 9.17) is 21.7 Å². The molecule has 3 aromatic carbocycles. The quantitative estimate of drug-likeness (QED) is 0.0661. The van der Waals surface area contributed by atoms with E-state index in [9.17, 15) is 19.5 Å². The average molecular weight is 866 g/mol. The number of aliphatic hydroxyl groups is 1. The lowest BCUT2D eigenvalue weighted by Crippen LogP contribution is -2.63. The maximum Gasteiger partial charge on any atom is 0.320 e. The van der Waals surface area contributed by atoms with Crippen molar-refractivity contribution in [2.45, 2.75) is 141 Å². The number of benzene rings is 3. The van der Waals surface area contributed by atoms with Crippen molar-refractivity contribution in [1.29, 1.82) is 0 Å². The maximum atomic E-state index is 14.0. The number of aliphatic hydroxyl groups excluding tert-OH is 1. The summed E-state index contributed by atoms with van der Waals surface area (Å²) in [6, 6.07) is 19.1. The van der Waals surface area contributed by atoms with E-state index < -0.39 is 0 Å². The molecule has 12 heteroatoms. The van der Waals surface area contributed by atoms with E-state index in [0.29, 0.717) is 30.9 Å². The lowest BCUT2D eigenvalue weighted by Gasteiger charge is -2.64. The third-order valence-corrected chi connectivity index (χ3v) is 17.5. The van der Waals surface area contributed by atoms with Crippen LogP contribution in [-0.2, 0) is 30.4 Å². The first kappa shape index (κ1) is 43.4. The fourth-order valence-corrected chi connectivity index (χ4v) is 14.2. The molecule has 0 spiro atoms. The fraction of sp³-hybridized carbons (Fsp3) is 0.640. The second-order valence-electron chi connectivity index (χ2n) is 20.4. The Balaban J connectivity index is 0.895. The Bertz CT molecular complexity index is 2120. The number of thiocarbonyl (C=S) groups is 1. The van der Waals surface area contributed by atoms with Crippen LogP contribution in [0.15, 0.2) is 54.6 Å². The Morgan fingerprint density at radius 2 is 1.52 bits per heavy atom. The molecule has 5 saturated carbocycles. The third-order valence-electron chi connectivity index (χ3n) is 17.3. The largest absolute Gasteiger partial charge is 0.461 e. The minimum Gasteiger partial charge on any atom is -0.461 e. The van der Waals surface area contributed by atoms with Crippen LogP contribution in [0.5, 0.6) is 0 Å². The molecule has 62 heavy (non-hydrogen) atoms. The average Bonchev–Trinajstić information content (AvgIpc) is 3.63. The lowest BCUT2D eigenvalue weighted by atomic mass is 9.43. The van der Waals surface area contributed by atoms with Crippen LogP contribution < -0.4 is 26.8 Å². The number of rotatable bonds is 6. The molecule has 0 aromatic heterocycles. The zero-order valence-electron chi connectivity index (χ0n) is 36.8. The summed E-state index contributed by atoms with van der Waals surface area (Å²) in [6.45, 7) is 7.78. The van der Waals surface area contributed by atoms with E-state index >= 15 is 0 Å². The van der Waals surface area contributed by atoms with Crippen molar-refractivity contribution in [3.05, 3.63) is 60.2 Å². The van der Waals surface area contributed by atoms with Crippen LogP contribution in [-0.4, -0.2) is 71.5 Å². The number of ether oxygens (including phenoxy) is 2. The Morgan fingerprint density at radius 1 is 0.855 bits per heavy atom. The van der Waals surface area contributed by atoms with Gasteiger partial charge in [0.2, 0.25) is 5.91 Å². The van der Waals surface area contributed by atoms with Crippen molar-refractivity contribution in [3.63, 3.8) is 0 Å². The van der Waals surface area contributed by atoms with Crippen molar-refractivity contribution >= 4 is 56.7 Å². The van der Waals surface area contributed by atoms with Gasteiger partial charge in [0.15, 0.2) is 5.11 Å². The highest BCUT2D eigenvalue weighted by Gasteiger charge is 2.67. The first-order valence-corrected chi connectivity index (χ1v) is 24.1. The van der Waals surface area contributed by atoms with Crippen molar-refractivity contribution < 1.29 is 29.0 Å². The van der Waals surface area contributed by atoms with Gasteiger partial charge in [0.1, 0.15) is 12.2 Å². The van der Waals surface area contributed by atoms with Gasteiger partial charge in [0.25, 0.3) is 0 Å². The van der Waals surface area contributed by atoms with E-state index in [2.05, 4.69) is 77.9 Å². The van der Waals surface area contributed by atoms with Crippen LogP contribution in [0, 0.1) is 46.3 Å². The van der Waals surface area contributed by atoms with Gasteiger partial charge in [-0.2, -0.15) is 0 Å². The van der Waals surface area contributed by atoms with Gasteiger partial charge in [-0.3, -0.25) is 25.2 Å². The zero-order chi connectivity index (χ0) is 43.2. The lowest BCUT2D eigenvalue weighted by molar-refractivity contribution is -0.224. The number of amides is 1. The van der Waals surface area contributed by atoms with E-state index in [1.807, 2.05) is 24.3 Å². The minimum absolute atomic E-state index is 0.0505. The molecule has 4 bridgehead atoms. The molecule has 0 unspecified atom stereocenters. The SMILES string of the molecule is C[C@H](CCC(=O)NNC(=S)NCc1c2ccccc2cc2ccccc12)[C@H]1CC[C@H]2[C@@H]3[C@H]4C[C@@H]5C[C@H](O)CC[C@]5(C)[C@H]3C[C@H](OC(=O)CN[C@@H]3CCCC[C@H]3NCC(=O)O4)[C@]12C. The molecule has 334 valence electrons. The summed E-state index contributed by atoms with van der Waals surface area (Å²) in [6.07, 6.45) is 9.91. The highest BCUT2D eigenvalue weighted by molar-refractivity contribution is 7.80. The Morgan fingerprint density at radius 3 is 2.21 bits per heavy atom. The van der Waals surface area contributed by atoms with Crippen LogP contribution in [0.1, 0.15) is 110 Å². The number of hydrogen-bond donors (Lipinski definition) is 6. The van der Waals surface area contributed by atoms with Crippen molar-refractivity contribution in [2.24, 2.45) is 46.3 Å². The Kier molecular flexibility index (Phi) is 12.6. The maximum absolute atomic E-state index is 14.0. The number of carbonyl (C=O) groups is 3. The zero-order valence-corrected chi connectivity index (χ0v) is 37.6. The summed E-state index contributed by atoms with van der Waals surface area (Å²) >= 11 is 5.63. The summed E-state index contributed by atoms with van der Waals surface area (Å²) in [5, 5.41) is 26.2. The van der Waals surface area contributed by atoms with Gasteiger partial charge in [-0.15, -0.1) is 0 Å². The number of hydrogen-bond acceptors (Lipinski definition) is 9. The second-order valence-corrected chi connectivity index (χ2v) is 20.8. The number of hydrazine groups is 1. The predicted octanol–water partition coefficient (Wildman–Crippen LogP) is 6.97. The molecule has 2 heterocycles. The fourth-order valence-electron chi connectivity index (χ4n) is 14.1. The monoisotopic (exact) mass is 865 g/mol. The predicted molar refractivity (Wildman–Crippen MR) is 244 cm³/mol. The van der Waals surface area contributed by atoms with Crippen LogP contribution in [0.4, 0.5) is 0 Å². The molecule has 5 aliphatic carbocycles. The molecule has 11 nitrogen and oxygen atoms in total. The van der Waals surface area contributed by atoms with Gasteiger partial charge in [-0.05, 0) is 145 Å². The molecule has 7 aliphatic rings. The van der Waals surface area contributed by atoms with Gasteiger partial charge in [0.05, 0.1) is 19.2 Å². The number of esters is 2. The number of fused-ring (bicyclic) bond motifs is 9. The first-order chi connectivity index (χ1) is 29.9. The summed E-state index contributed by atoms with van der Waals surface area (Å²) in [4.78, 5) is 41.2. The molecule has 2 saturated heterocycles. The smallest absolute Gasteiger partial charge is 0.320 e. The summed E-state index contributed by atoms with van der Waals surface area (Å²) in [5.74, 6) is 0.552. The number of carbonyl (C=O) groups excluding carboxylic acids is 3. The molecule has 3 aromatic rings. The molecule has 0 radical (unpaired) electrons. The molecular weight excluding hydrogens is 799 g/mol. The van der Waals surface area contributed by atoms with Gasteiger partial charge in [-0.1, -0.05) is 82.1 Å². The molecule has 6 N–H and O–H groups in total.